The van der Waals surface area contributed by atoms with E-state index in [4.69, 9.17) is 9.47 Å². The lowest BCUT2D eigenvalue weighted by Gasteiger charge is -2.04. The third-order valence-corrected chi connectivity index (χ3v) is 1.74. The number of ether oxygens (including phenoxy) is 2. The van der Waals surface area contributed by atoms with Crippen LogP contribution in [0.4, 0.5) is 4.39 Å². The number of hydrogen-bond donors (Lipinski definition) is 0. The number of esters is 1. The molecule has 4 heteroatoms. The maximum atomic E-state index is 12.5. The van der Waals surface area contributed by atoms with Crippen molar-refractivity contribution in [3.05, 3.63) is 35.6 Å². The van der Waals surface area contributed by atoms with Gasteiger partial charge < -0.3 is 9.47 Å². The van der Waals surface area contributed by atoms with E-state index in [1.807, 2.05) is 6.92 Å². The normalized spacial score (nSPS) is 10.0. The van der Waals surface area contributed by atoms with Crippen molar-refractivity contribution in [2.24, 2.45) is 0 Å². The second kappa shape index (κ2) is 6.14. The highest BCUT2D eigenvalue weighted by Gasteiger charge is 2.06. The topological polar surface area (TPSA) is 35.5 Å². The molecule has 0 fully saturated rings. The second-order valence-corrected chi connectivity index (χ2v) is 2.84. The van der Waals surface area contributed by atoms with Crippen molar-refractivity contribution in [2.75, 3.05) is 19.8 Å². The van der Waals surface area contributed by atoms with Gasteiger partial charge >= 0.3 is 5.97 Å². The summed E-state index contributed by atoms with van der Waals surface area (Å²) in [6.07, 6.45) is 0. The predicted molar refractivity (Wildman–Crippen MR) is 53.2 cm³/mol. The van der Waals surface area contributed by atoms with E-state index in [1.165, 1.54) is 24.3 Å². The Morgan fingerprint density at radius 2 is 1.93 bits per heavy atom. The fourth-order valence-corrected chi connectivity index (χ4v) is 1.01. The number of carbonyl (C=O) groups excluding carboxylic acids is 1. The summed E-state index contributed by atoms with van der Waals surface area (Å²) in [5.41, 5.74) is 0.341. The lowest BCUT2D eigenvalue weighted by Crippen LogP contribution is -2.10. The highest BCUT2D eigenvalue weighted by atomic mass is 19.1. The first-order valence-electron chi connectivity index (χ1n) is 4.74. The number of halogens is 1. The largest absolute Gasteiger partial charge is 0.460 e. The third kappa shape index (κ3) is 4.08. The van der Waals surface area contributed by atoms with E-state index >= 15 is 0 Å². The summed E-state index contributed by atoms with van der Waals surface area (Å²) < 4.78 is 22.4. The summed E-state index contributed by atoms with van der Waals surface area (Å²) in [5.74, 6) is -0.837. The zero-order chi connectivity index (χ0) is 11.1. The van der Waals surface area contributed by atoms with Gasteiger partial charge in [-0.3, -0.25) is 0 Å². The fraction of sp³-hybridized carbons (Fsp3) is 0.364. The van der Waals surface area contributed by atoms with Crippen molar-refractivity contribution >= 4 is 5.97 Å². The smallest absolute Gasteiger partial charge is 0.338 e. The van der Waals surface area contributed by atoms with Crippen molar-refractivity contribution in [1.29, 1.82) is 0 Å². The van der Waals surface area contributed by atoms with E-state index in [0.29, 0.717) is 18.8 Å². The van der Waals surface area contributed by atoms with Crippen LogP contribution in [0.15, 0.2) is 24.3 Å². The molecule has 0 N–H and O–H groups in total. The zero-order valence-corrected chi connectivity index (χ0v) is 8.53. The fourth-order valence-electron chi connectivity index (χ4n) is 1.01. The molecule has 0 bridgehead atoms. The molecule has 3 nitrogen and oxygen atoms in total. The zero-order valence-electron chi connectivity index (χ0n) is 8.53. The van der Waals surface area contributed by atoms with Gasteiger partial charge in [0.1, 0.15) is 12.4 Å². The Morgan fingerprint density at radius 1 is 1.27 bits per heavy atom. The third-order valence-electron chi connectivity index (χ3n) is 1.74. The van der Waals surface area contributed by atoms with Gasteiger partial charge in [-0.25, -0.2) is 9.18 Å². The van der Waals surface area contributed by atoms with Gasteiger partial charge in [0.05, 0.1) is 12.2 Å². The Morgan fingerprint density at radius 3 is 2.53 bits per heavy atom. The van der Waals surface area contributed by atoms with Gasteiger partial charge in [-0.1, -0.05) is 0 Å². The van der Waals surface area contributed by atoms with Crippen LogP contribution in [0.5, 0.6) is 0 Å². The molecular weight excluding hydrogens is 199 g/mol. The van der Waals surface area contributed by atoms with E-state index in [9.17, 15) is 9.18 Å². The van der Waals surface area contributed by atoms with Gasteiger partial charge in [0.15, 0.2) is 0 Å². The van der Waals surface area contributed by atoms with Crippen LogP contribution in [0, 0.1) is 5.82 Å². The summed E-state index contributed by atoms with van der Waals surface area (Å²) >= 11 is 0. The van der Waals surface area contributed by atoms with Crippen molar-refractivity contribution < 1.29 is 18.7 Å². The highest BCUT2D eigenvalue weighted by molar-refractivity contribution is 5.89. The Balaban J connectivity index is 2.37. The first kappa shape index (κ1) is 11.7. The van der Waals surface area contributed by atoms with Gasteiger partial charge in [-0.15, -0.1) is 0 Å². The van der Waals surface area contributed by atoms with E-state index in [0.717, 1.165) is 0 Å². The Bertz CT molecular complexity index is 308. The van der Waals surface area contributed by atoms with Crippen LogP contribution in [-0.2, 0) is 9.47 Å². The maximum absolute atomic E-state index is 12.5. The van der Waals surface area contributed by atoms with E-state index < -0.39 is 5.97 Å². The van der Waals surface area contributed by atoms with Gasteiger partial charge in [-0.2, -0.15) is 0 Å². The van der Waals surface area contributed by atoms with Crippen molar-refractivity contribution in [2.45, 2.75) is 6.92 Å². The van der Waals surface area contributed by atoms with Gasteiger partial charge in [-0.05, 0) is 31.2 Å². The van der Waals surface area contributed by atoms with E-state index in [1.54, 1.807) is 0 Å². The molecule has 1 rings (SSSR count). The molecule has 1 aromatic carbocycles. The summed E-state index contributed by atoms with van der Waals surface area (Å²) in [5, 5.41) is 0. The lowest BCUT2D eigenvalue weighted by molar-refractivity contribution is 0.0335. The van der Waals surface area contributed by atoms with Crippen LogP contribution in [-0.4, -0.2) is 25.8 Å². The molecule has 0 atom stereocenters. The molecule has 0 aliphatic heterocycles. The van der Waals surface area contributed by atoms with Crippen LogP contribution in [0.2, 0.25) is 0 Å². The predicted octanol–water partition coefficient (Wildman–Crippen LogP) is 2.02. The molecule has 0 aliphatic rings. The minimum atomic E-state index is -0.463. The van der Waals surface area contributed by atoms with E-state index in [2.05, 4.69) is 0 Å². The van der Waals surface area contributed by atoms with Gasteiger partial charge in [0.25, 0.3) is 0 Å². The average molecular weight is 212 g/mol. The quantitative estimate of drug-likeness (QED) is 0.553. The van der Waals surface area contributed by atoms with Crippen LogP contribution >= 0.6 is 0 Å². The van der Waals surface area contributed by atoms with Crippen LogP contribution < -0.4 is 0 Å². The molecule has 82 valence electrons. The van der Waals surface area contributed by atoms with E-state index in [-0.39, 0.29) is 12.4 Å². The van der Waals surface area contributed by atoms with Crippen molar-refractivity contribution in [3.63, 3.8) is 0 Å². The number of hydrogen-bond acceptors (Lipinski definition) is 3. The molecule has 0 aliphatic carbocycles. The molecule has 15 heavy (non-hydrogen) atoms. The summed E-state index contributed by atoms with van der Waals surface area (Å²) in [4.78, 5) is 11.3. The molecule has 0 amide bonds. The Labute approximate surface area is 87.8 Å². The summed E-state index contributed by atoms with van der Waals surface area (Å²) in [6, 6.07) is 5.22. The average Bonchev–Trinajstić information content (AvgIpc) is 2.25. The summed E-state index contributed by atoms with van der Waals surface area (Å²) in [7, 11) is 0. The monoisotopic (exact) mass is 212 g/mol. The van der Waals surface area contributed by atoms with Crippen LogP contribution in [0.1, 0.15) is 17.3 Å². The van der Waals surface area contributed by atoms with Gasteiger partial charge in [0, 0.05) is 6.61 Å². The van der Waals surface area contributed by atoms with Crippen molar-refractivity contribution in [3.8, 4) is 0 Å². The SMILES string of the molecule is CCOCCOC(=O)c1ccc(F)cc1. The maximum Gasteiger partial charge on any atom is 0.338 e. The number of carbonyl (C=O) groups is 1. The molecule has 1 aromatic rings. The molecular formula is C11H13FO3. The molecule has 0 spiro atoms. The molecule has 0 radical (unpaired) electrons. The second-order valence-electron chi connectivity index (χ2n) is 2.84. The highest BCUT2D eigenvalue weighted by Crippen LogP contribution is 2.04. The van der Waals surface area contributed by atoms with Crippen LogP contribution in [0.25, 0.3) is 0 Å². The molecule has 0 aromatic heterocycles. The lowest BCUT2D eigenvalue weighted by atomic mass is 10.2. The first-order valence-corrected chi connectivity index (χ1v) is 4.74. The molecule has 0 saturated carbocycles. The Hall–Kier alpha value is -1.42. The number of rotatable bonds is 5. The molecule has 0 heterocycles. The van der Waals surface area contributed by atoms with Crippen molar-refractivity contribution in [1.82, 2.24) is 0 Å². The van der Waals surface area contributed by atoms with Gasteiger partial charge in [0.2, 0.25) is 0 Å². The standard InChI is InChI=1S/C11H13FO3/c1-2-14-7-8-15-11(13)9-3-5-10(12)6-4-9/h3-6H,2,7-8H2,1H3. The molecule has 0 unspecified atom stereocenters. The minimum Gasteiger partial charge on any atom is -0.460 e. The Kier molecular flexibility index (Phi) is 4.77. The molecule has 0 saturated heterocycles. The summed E-state index contributed by atoms with van der Waals surface area (Å²) in [6.45, 7) is 3.05. The van der Waals surface area contributed by atoms with Crippen LogP contribution in [0.3, 0.4) is 0 Å². The minimum absolute atomic E-state index is 0.212. The first-order chi connectivity index (χ1) is 7.24. The number of benzene rings is 1.